The summed E-state index contributed by atoms with van der Waals surface area (Å²) in [6.07, 6.45) is 3.53. The first-order chi connectivity index (χ1) is 7.16. The van der Waals surface area contributed by atoms with Gasteiger partial charge in [0.25, 0.3) is 0 Å². The maximum atomic E-state index is 5.81. The Kier molecular flexibility index (Phi) is 2.73. The van der Waals surface area contributed by atoms with Gasteiger partial charge in [-0.25, -0.2) is 4.68 Å². The smallest absolute Gasteiger partial charge is 0.136 e. The van der Waals surface area contributed by atoms with Crippen molar-refractivity contribution >= 4 is 21.7 Å². The third kappa shape index (κ3) is 2.18. The van der Waals surface area contributed by atoms with Crippen LogP contribution in [0.5, 0.6) is 0 Å². The van der Waals surface area contributed by atoms with Gasteiger partial charge in [-0.1, -0.05) is 6.07 Å². The predicted molar refractivity (Wildman–Crippen MR) is 62.4 cm³/mol. The number of nitrogens with two attached hydrogens (primary N) is 1. The van der Waals surface area contributed by atoms with Crippen LogP contribution in [0, 0.1) is 6.92 Å². The van der Waals surface area contributed by atoms with Crippen molar-refractivity contribution in [3.05, 3.63) is 40.3 Å². The molecule has 15 heavy (non-hydrogen) atoms. The molecule has 0 saturated heterocycles. The number of aromatic nitrogens is 3. The lowest BCUT2D eigenvalue weighted by Gasteiger charge is -2.04. The summed E-state index contributed by atoms with van der Waals surface area (Å²) in [5, 5.41) is 4.15. The van der Waals surface area contributed by atoms with E-state index in [9.17, 15) is 0 Å². The van der Waals surface area contributed by atoms with Crippen LogP contribution in [0.25, 0.3) is 0 Å². The first kappa shape index (κ1) is 10.2. The molecule has 0 aliphatic heterocycles. The third-order valence-electron chi connectivity index (χ3n) is 2.14. The molecule has 0 saturated carbocycles. The minimum absolute atomic E-state index is 0.635. The molecule has 0 fully saturated rings. The van der Waals surface area contributed by atoms with Gasteiger partial charge in [0.05, 0.1) is 17.2 Å². The van der Waals surface area contributed by atoms with Crippen LogP contribution in [0.15, 0.2) is 29.0 Å². The van der Waals surface area contributed by atoms with Gasteiger partial charge in [0.1, 0.15) is 5.82 Å². The van der Waals surface area contributed by atoms with Crippen LogP contribution in [0.4, 0.5) is 5.82 Å². The second-order valence-corrected chi connectivity index (χ2v) is 4.20. The standard InChI is InChI=1S/C10H11BrN4/c1-7-2-3-8(4-13-7)6-15-10(12)9(11)5-14-15/h2-5H,6,12H2,1H3. The molecular formula is C10H11BrN4. The number of nitrogen functional groups attached to an aromatic ring is 1. The zero-order valence-electron chi connectivity index (χ0n) is 8.31. The Balaban J connectivity index is 2.22. The Bertz CT molecular complexity index is 461. The highest BCUT2D eigenvalue weighted by Crippen LogP contribution is 2.18. The fourth-order valence-corrected chi connectivity index (χ4v) is 1.56. The van der Waals surface area contributed by atoms with Crippen LogP contribution >= 0.6 is 15.9 Å². The summed E-state index contributed by atoms with van der Waals surface area (Å²) >= 11 is 3.32. The Labute approximate surface area is 96.3 Å². The van der Waals surface area contributed by atoms with E-state index < -0.39 is 0 Å². The van der Waals surface area contributed by atoms with Crippen molar-refractivity contribution in [2.24, 2.45) is 0 Å². The van der Waals surface area contributed by atoms with Crippen molar-refractivity contribution in [3.63, 3.8) is 0 Å². The fourth-order valence-electron chi connectivity index (χ4n) is 1.26. The Morgan fingerprint density at radius 2 is 2.20 bits per heavy atom. The molecule has 2 N–H and O–H groups in total. The van der Waals surface area contributed by atoms with Crippen molar-refractivity contribution in [2.75, 3.05) is 5.73 Å². The van der Waals surface area contributed by atoms with Crippen LogP contribution in [0.2, 0.25) is 0 Å². The molecule has 0 aliphatic carbocycles. The van der Waals surface area contributed by atoms with Gasteiger partial charge in [-0.3, -0.25) is 4.98 Å². The van der Waals surface area contributed by atoms with Crippen LogP contribution in [-0.2, 0) is 6.54 Å². The molecule has 0 bridgehead atoms. The Morgan fingerprint density at radius 3 is 2.73 bits per heavy atom. The molecule has 0 aromatic carbocycles. The summed E-state index contributed by atoms with van der Waals surface area (Å²) in [4.78, 5) is 4.22. The van der Waals surface area contributed by atoms with E-state index in [1.165, 1.54) is 0 Å². The lowest BCUT2D eigenvalue weighted by molar-refractivity contribution is 0.694. The van der Waals surface area contributed by atoms with Crippen LogP contribution in [0.3, 0.4) is 0 Å². The van der Waals surface area contributed by atoms with E-state index in [1.807, 2.05) is 25.3 Å². The number of rotatable bonds is 2. The summed E-state index contributed by atoms with van der Waals surface area (Å²) < 4.78 is 2.55. The number of halogens is 1. The highest BCUT2D eigenvalue weighted by atomic mass is 79.9. The molecule has 0 aliphatic rings. The van der Waals surface area contributed by atoms with Crippen molar-refractivity contribution in [2.45, 2.75) is 13.5 Å². The fraction of sp³-hybridized carbons (Fsp3) is 0.200. The van der Waals surface area contributed by atoms with Crippen molar-refractivity contribution < 1.29 is 0 Å². The molecule has 0 spiro atoms. The zero-order valence-corrected chi connectivity index (χ0v) is 9.90. The molecule has 2 rings (SSSR count). The monoisotopic (exact) mass is 266 g/mol. The van der Waals surface area contributed by atoms with E-state index in [-0.39, 0.29) is 0 Å². The van der Waals surface area contributed by atoms with Gasteiger partial charge in [-0.2, -0.15) is 5.10 Å². The molecular weight excluding hydrogens is 256 g/mol. The van der Waals surface area contributed by atoms with Gasteiger partial charge in [0.15, 0.2) is 0 Å². The quantitative estimate of drug-likeness (QED) is 0.905. The average molecular weight is 267 g/mol. The topological polar surface area (TPSA) is 56.7 Å². The molecule has 2 heterocycles. The summed E-state index contributed by atoms with van der Waals surface area (Å²) in [6, 6.07) is 4.00. The van der Waals surface area contributed by atoms with Crippen LogP contribution < -0.4 is 5.73 Å². The Morgan fingerprint density at radius 1 is 1.40 bits per heavy atom. The normalized spacial score (nSPS) is 10.5. The molecule has 2 aromatic heterocycles. The minimum atomic E-state index is 0.635. The molecule has 0 unspecified atom stereocenters. The van der Waals surface area contributed by atoms with E-state index in [0.29, 0.717) is 12.4 Å². The van der Waals surface area contributed by atoms with Crippen molar-refractivity contribution in [1.82, 2.24) is 14.8 Å². The highest BCUT2D eigenvalue weighted by Gasteiger charge is 2.04. The number of nitrogens with zero attached hydrogens (tertiary/aromatic N) is 3. The summed E-state index contributed by atoms with van der Waals surface area (Å²) in [5.41, 5.74) is 7.91. The number of anilines is 1. The van der Waals surface area contributed by atoms with E-state index >= 15 is 0 Å². The van der Waals surface area contributed by atoms with Gasteiger partial charge in [-0.05, 0) is 34.5 Å². The Hall–Kier alpha value is -1.36. The SMILES string of the molecule is Cc1ccc(Cn2ncc(Br)c2N)cn1. The van der Waals surface area contributed by atoms with E-state index in [0.717, 1.165) is 15.7 Å². The number of hydrogen-bond donors (Lipinski definition) is 1. The third-order valence-corrected chi connectivity index (χ3v) is 2.75. The molecule has 0 radical (unpaired) electrons. The van der Waals surface area contributed by atoms with Gasteiger partial charge in [0, 0.05) is 11.9 Å². The maximum absolute atomic E-state index is 5.81. The highest BCUT2D eigenvalue weighted by molar-refractivity contribution is 9.10. The summed E-state index contributed by atoms with van der Waals surface area (Å²) in [6.45, 7) is 2.60. The summed E-state index contributed by atoms with van der Waals surface area (Å²) in [5.74, 6) is 0.635. The van der Waals surface area contributed by atoms with E-state index in [1.54, 1.807) is 10.9 Å². The second-order valence-electron chi connectivity index (χ2n) is 3.34. The predicted octanol–water partition coefficient (Wildman–Crippen LogP) is 1.98. The molecule has 78 valence electrons. The largest absolute Gasteiger partial charge is 0.383 e. The van der Waals surface area contributed by atoms with Crippen LogP contribution in [-0.4, -0.2) is 14.8 Å². The van der Waals surface area contributed by atoms with E-state index in [4.69, 9.17) is 5.73 Å². The van der Waals surface area contributed by atoms with Gasteiger partial charge >= 0.3 is 0 Å². The van der Waals surface area contributed by atoms with Gasteiger partial charge in [-0.15, -0.1) is 0 Å². The molecule has 0 atom stereocenters. The van der Waals surface area contributed by atoms with Crippen LogP contribution in [0.1, 0.15) is 11.3 Å². The van der Waals surface area contributed by atoms with Crippen molar-refractivity contribution in [3.8, 4) is 0 Å². The number of hydrogen-bond acceptors (Lipinski definition) is 3. The number of pyridine rings is 1. The maximum Gasteiger partial charge on any atom is 0.136 e. The zero-order chi connectivity index (χ0) is 10.8. The summed E-state index contributed by atoms with van der Waals surface area (Å²) in [7, 11) is 0. The van der Waals surface area contributed by atoms with Crippen molar-refractivity contribution in [1.29, 1.82) is 0 Å². The lowest BCUT2D eigenvalue weighted by atomic mass is 10.2. The lowest BCUT2D eigenvalue weighted by Crippen LogP contribution is -2.06. The average Bonchev–Trinajstić information content (AvgIpc) is 2.53. The van der Waals surface area contributed by atoms with E-state index in [2.05, 4.69) is 26.0 Å². The molecule has 4 nitrogen and oxygen atoms in total. The first-order valence-electron chi connectivity index (χ1n) is 4.55. The first-order valence-corrected chi connectivity index (χ1v) is 5.34. The van der Waals surface area contributed by atoms with Gasteiger partial charge < -0.3 is 5.73 Å². The molecule has 0 amide bonds. The minimum Gasteiger partial charge on any atom is -0.383 e. The molecule has 2 aromatic rings. The van der Waals surface area contributed by atoms with Gasteiger partial charge in [0.2, 0.25) is 0 Å². The number of aryl methyl sites for hydroxylation is 1. The molecule has 5 heteroatoms. The second kappa shape index (κ2) is 4.02.